The first-order valence-corrected chi connectivity index (χ1v) is 15.1. The van der Waals surface area contributed by atoms with Gasteiger partial charge in [0, 0.05) is 48.4 Å². The molecule has 0 unspecified atom stereocenters. The monoisotopic (exact) mass is 590 g/mol. The molecule has 2 aliphatic rings. The van der Waals surface area contributed by atoms with Gasteiger partial charge in [0.15, 0.2) is 0 Å². The van der Waals surface area contributed by atoms with Gasteiger partial charge < -0.3 is 24.0 Å². The lowest BCUT2D eigenvalue weighted by atomic mass is 9.90. The van der Waals surface area contributed by atoms with Crippen LogP contribution in [0, 0.1) is 25.1 Å². The van der Waals surface area contributed by atoms with Crippen LogP contribution in [0.3, 0.4) is 0 Å². The van der Waals surface area contributed by atoms with Crippen LogP contribution in [0.5, 0.6) is 17.2 Å². The second kappa shape index (κ2) is 11.5. The van der Waals surface area contributed by atoms with Crippen molar-refractivity contribution in [1.29, 1.82) is 0 Å². The van der Waals surface area contributed by atoms with E-state index in [-0.39, 0.29) is 34.8 Å². The average molecular weight is 591 g/mol. The van der Waals surface area contributed by atoms with Gasteiger partial charge in [0.05, 0.1) is 11.7 Å². The number of halogens is 1. The largest absolute Gasteiger partial charge is 0.490 e. The highest BCUT2D eigenvalue weighted by Crippen LogP contribution is 2.43. The summed E-state index contributed by atoms with van der Waals surface area (Å²) in [5.41, 5.74) is 1.65. The van der Waals surface area contributed by atoms with Gasteiger partial charge in [-0.05, 0) is 101 Å². The zero-order valence-electron chi connectivity index (χ0n) is 26.3. The van der Waals surface area contributed by atoms with Gasteiger partial charge in [-0.15, -0.1) is 0 Å². The maximum atomic E-state index is 14.0. The quantitative estimate of drug-likeness (QED) is 0.328. The van der Waals surface area contributed by atoms with Crippen molar-refractivity contribution in [2.24, 2.45) is 12.5 Å². The number of amides is 1. The maximum absolute atomic E-state index is 14.0. The van der Waals surface area contributed by atoms with E-state index in [1.807, 2.05) is 24.8 Å². The van der Waals surface area contributed by atoms with E-state index >= 15 is 0 Å². The van der Waals surface area contributed by atoms with Crippen LogP contribution in [0.25, 0.3) is 11.1 Å². The number of hydrogen-bond donors (Lipinski definition) is 1. The topological polar surface area (TPSA) is 81.0 Å². The normalized spacial score (nSPS) is 20.4. The van der Waals surface area contributed by atoms with E-state index in [9.17, 15) is 19.1 Å². The first kappa shape index (κ1) is 30.8. The number of aliphatic hydroxyl groups is 1. The molecule has 1 aromatic heterocycles. The number of benzene rings is 2. The lowest BCUT2D eigenvalue weighted by Gasteiger charge is -2.35. The van der Waals surface area contributed by atoms with E-state index in [2.05, 4.69) is 0 Å². The molecule has 2 heterocycles. The SMILES string of the molecule is Cc1cc(F)cc(C)c1Oc1ccc(C(C)(C)O)cc1-c1cn(C)c(=O)cc1O[C@H]1CC[C@H](N2CCC(C)(C)C2=O)CC1. The zero-order chi connectivity index (χ0) is 31.3. The first-order chi connectivity index (χ1) is 20.1. The third-order valence-electron chi connectivity index (χ3n) is 9.00. The second-order valence-electron chi connectivity index (χ2n) is 13.4. The highest BCUT2D eigenvalue weighted by atomic mass is 19.1. The molecule has 0 spiro atoms. The Kier molecular flexibility index (Phi) is 8.20. The fourth-order valence-corrected chi connectivity index (χ4v) is 6.29. The molecular weight excluding hydrogens is 547 g/mol. The number of carbonyl (C=O) groups excluding carboxylic acids is 1. The fraction of sp³-hybridized carbons (Fsp3) is 0.486. The number of rotatable bonds is 7. The molecule has 2 fully saturated rings. The summed E-state index contributed by atoms with van der Waals surface area (Å²) in [5, 5.41) is 10.9. The molecule has 1 aliphatic carbocycles. The number of ether oxygens (including phenoxy) is 2. The molecule has 43 heavy (non-hydrogen) atoms. The molecule has 0 bridgehead atoms. The molecule has 1 amide bonds. The van der Waals surface area contributed by atoms with E-state index in [0.717, 1.165) is 38.6 Å². The molecule has 1 N–H and O–H groups in total. The molecule has 7 nitrogen and oxygen atoms in total. The third-order valence-corrected chi connectivity index (χ3v) is 9.00. The number of hydrogen-bond acceptors (Lipinski definition) is 5. The molecule has 230 valence electrons. The predicted octanol–water partition coefficient (Wildman–Crippen LogP) is 6.78. The zero-order valence-corrected chi connectivity index (χ0v) is 26.3. The summed E-state index contributed by atoms with van der Waals surface area (Å²) in [7, 11) is 1.68. The van der Waals surface area contributed by atoms with E-state index in [1.165, 1.54) is 22.8 Å². The number of pyridine rings is 1. The Labute approximate surface area is 253 Å². The number of aromatic nitrogens is 1. The standard InChI is InChI=1S/C35H43FN2O5/c1-21-16-24(36)17-22(2)32(21)43-29-13-8-23(35(5,6)41)18-27(29)28-20-37(7)31(39)19-30(28)42-26-11-9-25(10-12-26)38-15-14-34(3,4)33(38)40/h8,13,16-20,25-26,41H,9-12,14-15H2,1-7H3/t25-,26-. The van der Waals surface area contributed by atoms with Crippen molar-refractivity contribution in [3.8, 4) is 28.4 Å². The van der Waals surface area contributed by atoms with Crippen molar-refractivity contribution in [2.75, 3.05) is 6.54 Å². The Morgan fingerprint density at radius 1 is 0.953 bits per heavy atom. The Bertz CT molecular complexity index is 1570. The van der Waals surface area contributed by atoms with Gasteiger partial charge >= 0.3 is 0 Å². The minimum atomic E-state index is -1.13. The minimum Gasteiger partial charge on any atom is -0.490 e. The molecule has 1 aliphatic heterocycles. The molecule has 1 saturated heterocycles. The number of nitrogens with zero attached hydrogens (tertiary/aromatic N) is 2. The van der Waals surface area contributed by atoms with Gasteiger partial charge in [0.25, 0.3) is 5.56 Å². The fourth-order valence-electron chi connectivity index (χ4n) is 6.29. The predicted molar refractivity (Wildman–Crippen MR) is 165 cm³/mol. The summed E-state index contributed by atoms with van der Waals surface area (Å²) >= 11 is 0. The van der Waals surface area contributed by atoms with Crippen LogP contribution >= 0.6 is 0 Å². The highest BCUT2D eigenvalue weighted by molar-refractivity contribution is 5.84. The molecule has 3 aromatic rings. The van der Waals surface area contributed by atoms with Gasteiger partial charge in [-0.2, -0.15) is 0 Å². The van der Waals surface area contributed by atoms with Crippen molar-refractivity contribution in [3.05, 3.63) is 75.5 Å². The van der Waals surface area contributed by atoms with Crippen LogP contribution in [0.1, 0.15) is 76.5 Å². The molecule has 1 saturated carbocycles. The van der Waals surface area contributed by atoms with Gasteiger partial charge in [-0.1, -0.05) is 19.9 Å². The third kappa shape index (κ3) is 6.35. The van der Waals surface area contributed by atoms with E-state index in [1.54, 1.807) is 53.1 Å². The van der Waals surface area contributed by atoms with Gasteiger partial charge in [0.1, 0.15) is 23.1 Å². The average Bonchev–Trinajstić information content (AvgIpc) is 3.20. The summed E-state index contributed by atoms with van der Waals surface area (Å²) in [5.74, 6) is 1.38. The Morgan fingerprint density at radius 2 is 1.60 bits per heavy atom. The lowest BCUT2D eigenvalue weighted by Crippen LogP contribution is -2.42. The van der Waals surface area contributed by atoms with E-state index < -0.39 is 5.60 Å². The molecular formula is C35H43FN2O5. The summed E-state index contributed by atoms with van der Waals surface area (Å²) in [6, 6.07) is 10.0. The van der Waals surface area contributed by atoms with Crippen LogP contribution in [0.4, 0.5) is 4.39 Å². The van der Waals surface area contributed by atoms with Crippen LogP contribution in [0.15, 0.2) is 47.4 Å². The molecule has 0 atom stereocenters. The van der Waals surface area contributed by atoms with Crippen LogP contribution in [-0.2, 0) is 17.4 Å². The molecule has 5 rings (SSSR count). The van der Waals surface area contributed by atoms with Crippen LogP contribution in [0.2, 0.25) is 0 Å². The highest BCUT2D eigenvalue weighted by Gasteiger charge is 2.42. The van der Waals surface area contributed by atoms with Crippen molar-refractivity contribution < 1.29 is 23.8 Å². The van der Waals surface area contributed by atoms with Crippen molar-refractivity contribution in [3.63, 3.8) is 0 Å². The van der Waals surface area contributed by atoms with Gasteiger partial charge in [-0.25, -0.2) is 4.39 Å². The van der Waals surface area contributed by atoms with Crippen molar-refractivity contribution in [2.45, 2.75) is 91.4 Å². The molecule has 8 heteroatoms. The Balaban J connectivity index is 1.48. The minimum absolute atomic E-state index is 0.115. The van der Waals surface area contributed by atoms with E-state index in [4.69, 9.17) is 9.47 Å². The number of aryl methyl sites for hydroxylation is 3. The van der Waals surface area contributed by atoms with E-state index in [0.29, 0.717) is 45.1 Å². The van der Waals surface area contributed by atoms with Gasteiger partial charge in [0.2, 0.25) is 5.91 Å². The van der Waals surface area contributed by atoms with Crippen LogP contribution in [-0.4, -0.2) is 39.2 Å². The smallest absolute Gasteiger partial charge is 0.254 e. The summed E-state index contributed by atoms with van der Waals surface area (Å²) in [6.07, 6.45) is 5.72. The van der Waals surface area contributed by atoms with Crippen LogP contribution < -0.4 is 15.0 Å². The molecule has 2 aromatic carbocycles. The first-order valence-electron chi connectivity index (χ1n) is 15.1. The Hall–Kier alpha value is -3.65. The summed E-state index contributed by atoms with van der Waals surface area (Å²) < 4.78 is 28.5. The summed E-state index contributed by atoms with van der Waals surface area (Å²) in [4.78, 5) is 27.8. The lowest BCUT2D eigenvalue weighted by molar-refractivity contribution is -0.137. The van der Waals surface area contributed by atoms with Crippen molar-refractivity contribution >= 4 is 5.91 Å². The number of carbonyl (C=O) groups is 1. The number of likely N-dealkylation sites (tertiary alicyclic amines) is 1. The van der Waals surface area contributed by atoms with Gasteiger partial charge in [-0.3, -0.25) is 9.59 Å². The second-order valence-corrected chi connectivity index (χ2v) is 13.4. The van der Waals surface area contributed by atoms with Crippen molar-refractivity contribution in [1.82, 2.24) is 9.47 Å². The summed E-state index contributed by atoms with van der Waals surface area (Å²) in [6.45, 7) is 11.9. The molecule has 0 radical (unpaired) electrons. The Morgan fingerprint density at radius 3 is 2.19 bits per heavy atom. The maximum Gasteiger partial charge on any atom is 0.254 e.